The topological polar surface area (TPSA) is 57.4 Å². The number of rotatable bonds is 1. The number of H-pyrrole nitrogens is 2. The quantitative estimate of drug-likeness (QED) is 0.466. The molecule has 4 aromatic rings. The Labute approximate surface area is 148 Å². The smallest absolute Gasteiger partial charge is 0.0979 e. The summed E-state index contributed by atoms with van der Waals surface area (Å²) in [5.41, 5.74) is 11.0. The second-order valence-electron chi connectivity index (χ2n) is 6.52. The van der Waals surface area contributed by atoms with Crippen LogP contribution in [0.3, 0.4) is 0 Å². The molecule has 3 heterocycles. The van der Waals surface area contributed by atoms with Gasteiger partial charge in [0.1, 0.15) is 0 Å². The van der Waals surface area contributed by atoms with E-state index in [1.54, 1.807) is 0 Å². The van der Waals surface area contributed by atoms with E-state index >= 15 is 0 Å². The van der Waals surface area contributed by atoms with Crippen LogP contribution in [0, 0.1) is 0 Å². The monoisotopic (exact) mass is 342 g/mol. The van der Waals surface area contributed by atoms with E-state index in [1.807, 2.05) is 18.0 Å². The first-order valence-electron chi connectivity index (χ1n) is 8.34. The Balaban J connectivity index is 1.48. The van der Waals surface area contributed by atoms with Gasteiger partial charge in [-0.1, -0.05) is 30.3 Å². The van der Waals surface area contributed by atoms with Crippen LogP contribution in [0.5, 0.6) is 0 Å². The first-order valence-corrected chi connectivity index (χ1v) is 9.33. The molecule has 0 amide bonds. The normalized spacial score (nSPS) is 13.9. The van der Waals surface area contributed by atoms with Crippen LogP contribution in [0.15, 0.2) is 53.6 Å². The van der Waals surface area contributed by atoms with Gasteiger partial charge in [-0.3, -0.25) is 10.2 Å². The highest BCUT2D eigenvalue weighted by Crippen LogP contribution is 2.44. The highest BCUT2D eigenvalue weighted by Gasteiger charge is 2.25. The fourth-order valence-electron chi connectivity index (χ4n) is 3.92. The van der Waals surface area contributed by atoms with Crippen LogP contribution in [0.2, 0.25) is 0 Å². The molecule has 0 saturated carbocycles. The van der Waals surface area contributed by atoms with E-state index in [-0.39, 0.29) is 0 Å². The van der Waals surface area contributed by atoms with Crippen LogP contribution in [0.25, 0.3) is 33.8 Å². The molecule has 120 valence electrons. The van der Waals surface area contributed by atoms with Gasteiger partial charge in [0, 0.05) is 51.1 Å². The molecule has 25 heavy (non-hydrogen) atoms. The SMILES string of the molecule is c1ccc2c(c1)SCc1c-2n[nH]c1-c1ccc2c(c1)Cc1c[nH]nc1-2. The van der Waals surface area contributed by atoms with E-state index in [1.165, 1.54) is 38.3 Å². The fraction of sp³-hybridized carbons (Fsp3) is 0.100. The second kappa shape index (κ2) is 4.86. The van der Waals surface area contributed by atoms with Gasteiger partial charge in [0.05, 0.1) is 17.1 Å². The van der Waals surface area contributed by atoms with E-state index < -0.39 is 0 Å². The first kappa shape index (κ1) is 13.5. The molecule has 2 aliphatic rings. The van der Waals surface area contributed by atoms with Gasteiger partial charge in [-0.25, -0.2) is 0 Å². The molecule has 4 nitrogen and oxygen atoms in total. The number of hydrogen-bond acceptors (Lipinski definition) is 3. The van der Waals surface area contributed by atoms with Crippen molar-refractivity contribution < 1.29 is 0 Å². The number of fused-ring (bicyclic) bond motifs is 6. The predicted molar refractivity (Wildman–Crippen MR) is 99.4 cm³/mol. The van der Waals surface area contributed by atoms with Crippen molar-refractivity contribution in [2.75, 3.05) is 0 Å². The van der Waals surface area contributed by atoms with Crippen LogP contribution in [-0.2, 0) is 12.2 Å². The number of nitrogens with zero attached hydrogens (tertiary/aromatic N) is 2. The van der Waals surface area contributed by atoms with Crippen molar-refractivity contribution in [3.05, 3.63) is 65.4 Å². The molecule has 0 saturated heterocycles. The summed E-state index contributed by atoms with van der Waals surface area (Å²) in [7, 11) is 0. The lowest BCUT2D eigenvalue weighted by Crippen LogP contribution is -1.95. The molecule has 2 aromatic carbocycles. The summed E-state index contributed by atoms with van der Waals surface area (Å²) in [5.74, 6) is 0.955. The van der Waals surface area contributed by atoms with Crippen LogP contribution < -0.4 is 0 Å². The van der Waals surface area contributed by atoms with Crippen molar-refractivity contribution in [1.29, 1.82) is 0 Å². The van der Waals surface area contributed by atoms with E-state index in [2.05, 4.69) is 62.9 Å². The minimum atomic E-state index is 0.947. The molecule has 2 N–H and O–H groups in total. The first-order chi connectivity index (χ1) is 12.4. The molecule has 0 bridgehead atoms. The third-order valence-corrected chi connectivity index (χ3v) is 6.23. The Bertz CT molecular complexity index is 1140. The lowest BCUT2D eigenvalue weighted by molar-refractivity contribution is 1.09. The predicted octanol–water partition coefficient (Wildman–Crippen LogP) is 4.64. The van der Waals surface area contributed by atoms with Gasteiger partial charge < -0.3 is 0 Å². The standard InChI is InChI=1S/C20H14N4S/c1-2-4-17-15(3-1)20-16(10-25-17)18(23-24-20)11-5-6-14-12(7-11)8-13-9-21-22-19(13)14/h1-7,9H,8,10H2,(H,21,22)(H,23,24). The van der Waals surface area contributed by atoms with Gasteiger partial charge >= 0.3 is 0 Å². The minimum Gasteiger partial charge on any atom is -0.285 e. The second-order valence-corrected chi connectivity index (χ2v) is 7.54. The fourth-order valence-corrected chi connectivity index (χ4v) is 5.00. The summed E-state index contributed by atoms with van der Waals surface area (Å²) < 4.78 is 0. The number of aromatic amines is 2. The molecule has 0 fully saturated rings. The Morgan fingerprint density at radius 1 is 0.920 bits per heavy atom. The summed E-state index contributed by atoms with van der Waals surface area (Å²) >= 11 is 1.89. The lowest BCUT2D eigenvalue weighted by atomic mass is 9.99. The molecule has 5 heteroatoms. The number of hydrogen-bond donors (Lipinski definition) is 2. The van der Waals surface area contributed by atoms with E-state index in [4.69, 9.17) is 0 Å². The zero-order valence-electron chi connectivity index (χ0n) is 13.3. The van der Waals surface area contributed by atoms with Crippen molar-refractivity contribution in [3.8, 4) is 33.8 Å². The maximum absolute atomic E-state index is 4.64. The molecule has 0 spiro atoms. The molecular formula is C20H14N4S. The van der Waals surface area contributed by atoms with Gasteiger partial charge in [0.15, 0.2) is 0 Å². The number of nitrogens with one attached hydrogen (secondary N) is 2. The molecule has 1 aliphatic heterocycles. The summed E-state index contributed by atoms with van der Waals surface area (Å²) in [5, 5.41) is 15.3. The van der Waals surface area contributed by atoms with E-state index in [0.717, 1.165) is 29.3 Å². The van der Waals surface area contributed by atoms with Gasteiger partial charge in [-0.05, 0) is 17.7 Å². The Kier molecular flexibility index (Phi) is 2.62. The maximum Gasteiger partial charge on any atom is 0.0979 e. The third-order valence-electron chi connectivity index (χ3n) is 5.13. The number of thioether (sulfide) groups is 1. The highest BCUT2D eigenvalue weighted by molar-refractivity contribution is 7.98. The summed E-state index contributed by atoms with van der Waals surface area (Å²) in [4.78, 5) is 1.31. The van der Waals surface area contributed by atoms with Crippen molar-refractivity contribution in [1.82, 2.24) is 20.4 Å². The van der Waals surface area contributed by atoms with Gasteiger partial charge in [-0.15, -0.1) is 11.8 Å². The van der Waals surface area contributed by atoms with Crippen LogP contribution in [0.4, 0.5) is 0 Å². The van der Waals surface area contributed by atoms with E-state index in [0.29, 0.717) is 0 Å². The largest absolute Gasteiger partial charge is 0.285 e. The number of aromatic nitrogens is 4. The van der Waals surface area contributed by atoms with Crippen molar-refractivity contribution in [2.24, 2.45) is 0 Å². The van der Waals surface area contributed by atoms with Crippen LogP contribution in [-0.4, -0.2) is 20.4 Å². The highest BCUT2D eigenvalue weighted by atomic mass is 32.2. The minimum absolute atomic E-state index is 0.947. The van der Waals surface area contributed by atoms with Gasteiger partial charge in [0.2, 0.25) is 0 Å². The molecule has 0 atom stereocenters. The molecule has 6 rings (SSSR count). The summed E-state index contributed by atoms with van der Waals surface area (Å²) in [6.07, 6.45) is 2.95. The molecule has 0 radical (unpaired) electrons. The van der Waals surface area contributed by atoms with Crippen LogP contribution >= 0.6 is 11.8 Å². The van der Waals surface area contributed by atoms with Crippen LogP contribution in [0.1, 0.15) is 16.7 Å². The third kappa shape index (κ3) is 1.84. The average molecular weight is 342 g/mol. The molecule has 1 aliphatic carbocycles. The Hall–Kier alpha value is -2.79. The van der Waals surface area contributed by atoms with Crippen molar-refractivity contribution >= 4 is 11.8 Å². The maximum atomic E-state index is 4.64. The Morgan fingerprint density at radius 3 is 2.88 bits per heavy atom. The van der Waals surface area contributed by atoms with Gasteiger partial charge in [0.25, 0.3) is 0 Å². The molecule has 2 aromatic heterocycles. The number of benzene rings is 2. The molecular weight excluding hydrogens is 328 g/mol. The van der Waals surface area contributed by atoms with Gasteiger partial charge in [-0.2, -0.15) is 10.2 Å². The zero-order chi connectivity index (χ0) is 16.4. The summed E-state index contributed by atoms with van der Waals surface area (Å²) in [6, 6.07) is 15.2. The lowest BCUT2D eigenvalue weighted by Gasteiger charge is -2.15. The average Bonchev–Trinajstić information content (AvgIpc) is 3.35. The van der Waals surface area contributed by atoms with Crippen molar-refractivity contribution in [3.63, 3.8) is 0 Å². The summed E-state index contributed by atoms with van der Waals surface area (Å²) in [6.45, 7) is 0. The van der Waals surface area contributed by atoms with E-state index in [9.17, 15) is 0 Å². The molecule has 0 unspecified atom stereocenters. The Morgan fingerprint density at radius 2 is 1.88 bits per heavy atom. The van der Waals surface area contributed by atoms with Crippen molar-refractivity contribution in [2.45, 2.75) is 17.1 Å². The zero-order valence-corrected chi connectivity index (χ0v) is 14.2.